The van der Waals surface area contributed by atoms with Crippen LogP contribution in [-0.4, -0.2) is 16.7 Å². The Hall–Kier alpha value is -2.03. The Morgan fingerprint density at radius 3 is 2.22 bits per heavy atom. The highest BCUT2D eigenvalue weighted by Gasteiger charge is 2.16. The van der Waals surface area contributed by atoms with Crippen molar-refractivity contribution < 1.29 is 14.6 Å². The quantitative estimate of drug-likeness (QED) is 0.875. The summed E-state index contributed by atoms with van der Waals surface area (Å²) < 4.78 is 5.86. The van der Waals surface area contributed by atoms with Crippen LogP contribution in [0.4, 0.5) is 0 Å². The van der Waals surface area contributed by atoms with Gasteiger partial charge in [0.2, 0.25) is 0 Å². The van der Waals surface area contributed by atoms with E-state index < -0.39 is 5.97 Å². The minimum Gasteiger partial charge on any atom is -0.488 e. The zero-order chi connectivity index (χ0) is 13.3. The van der Waals surface area contributed by atoms with Gasteiger partial charge in [0.1, 0.15) is 11.4 Å². The fraction of sp³-hybridized carbons (Fsp3) is 0.267. The van der Waals surface area contributed by atoms with Crippen LogP contribution in [-0.2, 0) is 0 Å². The first-order valence-corrected chi connectivity index (χ1v) is 5.82. The number of fused-ring (bicyclic) bond motifs is 1. The first-order chi connectivity index (χ1) is 8.38. The molecule has 18 heavy (non-hydrogen) atoms. The highest BCUT2D eigenvalue weighted by molar-refractivity contribution is 6.05. The molecule has 0 spiro atoms. The first kappa shape index (κ1) is 12.4. The maximum Gasteiger partial charge on any atom is 0.336 e. The van der Waals surface area contributed by atoms with Crippen molar-refractivity contribution in [3.63, 3.8) is 0 Å². The summed E-state index contributed by atoms with van der Waals surface area (Å²) in [6.45, 7) is 5.90. The Morgan fingerprint density at radius 1 is 1.06 bits per heavy atom. The number of benzene rings is 2. The lowest BCUT2D eigenvalue weighted by Crippen LogP contribution is -2.23. The summed E-state index contributed by atoms with van der Waals surface area (Å²) in [4.78, 5) is 11.2. The molecule has 0 aromatic heterocycles. The summed E-state index contributed by atoms with van der Waals surface area (Å²) in [5.41, 5.74) is -0.0140. The number of hydrogen-bond acceptors (Lipinski definition) is 2. The molecule has 0 bridgehead atoms. The summed E-state index contributed by atoms with van der Waals surface area (Å²) in [6.07, 6.45) is 0. The van der Waals surface area contributed by atoms with Crippen molar-refractivity contribution in [3.05, 3.63) is 42.0 Å². The molecule has 0 atom stereocenters. The van der Waals surface area contributed by atoms with Crippen molar-refractivity contribution >= 4 is 16.7 Å². The van der Waals surface area contributed by atoms with E-state index in [4.69, 9.17) is 9.84 Å². The lowest BCUT2D eigenvalue weighted by atomic mass is 10.0. The van der Waals surface area contributed by atoms with Gasteiger partial charge in [0.25, 0.3) is 0 Å². The predicted octanol–water partition coefficient (Wildman–Crippen LogP) is 3.72. The van der Waals surface area contributed by atoms with E-state index in [2.05, 4.69) is 0 Å². The Kier molecular flexibility index (Phi) is 2.99. The third kappa shape index (κ3) is 2.45. The second kappa shape index (κ2) is 4.33. The number of hydrogen-bond donors (Lipinski definition) is 1. The average Bonchev–Trinajstić information content (AvgIpc) is 2.27. The highest BCUT2D eigenvalue weighted by Crippen LogP contribution is 2.30. The summed E-state index contributed by atoms with van der Waals surface area (Å²) in [6, 6.07) is 10.7. The van der Waals surface area contributed by atoms with Gasteiger partial charge in [-0.2, -0.15) is 0 Å². The molecule has 1 N–H and O–H groups in total. The molecule has 0 aliphatic carbocycles. The van der Waals surface area contributed by atoms with Crippen LogP contribution >= 0.6 is 0 Å². The van der Waals surface area contributed by atoms with Gasteiger partial charge in [-0.1, -0.05) is 24.3 Å². The van der Waals surface area contributed by atoms with Crippen molar-refractivity contribution in [2.24, 2.45) is 0 Å². The Bertz CT molecular complexity index is 594. The van der Waals surface area contributed by atoms with Crippen LogP contribution in [0.15, 0.2) is 36.4 Å². The maximum atomic E-state index is 11.2. The van der Waals surface area contributed by atoms with E-state index in [1.807, 2.05) is 39.0 Å². The van der Waals surface area contributed by atoms with Crippen molar-refractivity contribution in [1.29, 1.82) is 0 Å². The number of ether oxygens (including phenoxy) is 1. The molecule has 0 amide bonds. The topological polar surface area (TPSA) is 46.5 Å². The third-order valence-electron chi connectivity index (χ3n) is 2.53. The summed E-state index contributed by atoms with van der Waals surface area (Å²) in [7, 11) is 0. The zero-order valence-corrected chi connectivity index (χ0v) is 10.7. The van der Waals surface area contributed by atoms with Gasteiger partial charge in [-0.25, -0.2) is 4.79 Å². The molecule has 0 aliphatic heterocycles. The van der Waals surface area contributed by atoms with Crippen molar-refractivity contribution in [3.8, 4) is 5.75 Å². The lowest BCUT2D eigenvalue weighted by molar-refractivity contribution is 0.0699. The second-order valence-corrected chi connectivity index (χ2v) is 5.18. The van der Waals surface area contributed by atoms with E-state index >= 15 is 0 Å². The molecule has 94 valence electrons. The normalized spacial score (nSPS) is 11.5. The van der Waals surface area contributed by atoms with Gasteiger partial charge in [0.15, 0.2) is 0 Å². The van der Waals surface area contributed by atoms with Gasteiger partial charge in [0.05, 0.1) is 5.56 Å². The minimum atomic E-state index is -0.923. The molecule has 0 aliphatic rings. The van der Waals surface area contributed by atoms with Crippen LogP contribution < -0.4 is 4.74 Å². The van der Waals surface area contributed by atoms with Crippen LogP contribution in [0.1, 0.15) is 31.1 Å². The molecule has 0 heterocycles. The average molecular weight is 244 g/mol. The zero-order valence-electron chi connectivity index (χ0n) is 10.7. The van der Waals surface area contributed by atoms with Crippen LogP contribution in [0.2, 0.25) is 0 Å². The standard InChI is InChI=1S/C15H16O3/c1-15(2,3)18-13-9-8-12(14(16)17)10-6-4-5-7-11(10)13/h4-9H,1-3H3,(H,16,17). The Labute approximate surface area is 106 Å². The van der Waals surface area contributed by atoms with Crippen LogP contribution in [0.3, 0.4) is 0 Å². The van der Waals surface area contributed by atoms with Gasteiger partial charge in [0, 0.05) is 5.39 Å². The largest absolute Gasteiger partial charge is 0.488 e. The van der Waals surface area contributed by atoms with E-state index in [-0.39, 0.29) is 5.60 Å². The number of carbonyl (C=O) groups is 1. The van der Waals surface area contributed by atoms with E-state index in [1.54, 1.807) is 18.2 Å². The molecular weight excluding hydrogens is 228 g/mol. The summed E-state index contributed by atoms with van der Waals surface area (Å²) in [5, 5.41) is 10.7. The fourth-order valence-electron chi connectivity index (χ4n) is 1.88. The summed E-state index contributed by atoms with van der Waals surface area (Å²) in [5.74, 6) is -0.211. The molecule has 2 rings (SSSR count). The number of carboxylic acid groups (broad SMARTS) is 1. The second-order valence-electron chi connectivity index (χ2n) is 5.18. The molecule has 3 nitrogen and oxygen atoms in total. The SMILES string of the molecule is CC(C)(C)Oc1ccc(C(=O)O)c2ccccc12. The molecule has 0 saturated heterocycles. The fourth-order valence-corrected chi connectivity index (χ4v) is 1.88. The molecule has 0 unspecified atom stereocenters. The van der Waals surface area contributed by atoms with Gasteiger partial charge >= 0.3 is 5.97 Å². The monoisotopic (exact) mass is 244 g/mol. The number of aromatic carboxylic acids is 1. The highest BCUT2D eigenvalue weighted by atomic mass is 16.5. The predicted molar refractivity (Wildman–Crippen MR) is 71.3 cm³/mol. The smallest absolute Gasteiger partial charge is 0.336 e. The molecular formula is C15H16O3. The number of carboxylic acids is 1. The van der Waals surface area contributed by atoms with E-state index in [0.29, 0.717) is 16.7 Å². The van der Waals surface area contributed by atoms with E-state index in [0.717, 1.165) is 5.39 Å². The lowest BCUT2D eigenvalue weighted by Gasteiger charge is -2.22. The van der Waals surface area contributed by atoms with E-state index in [1.165, 1.54) is 0 Å². The molecule has 0 radical (unpaired) electrons. The Balaban J connectivity index is 2.65. The van der Waals surface area contributed by atoms with Crippen molar-refractivity contribution in [1.82, 2.24) is 0 Å². The van der Waals surface area contributed by atoms with Crippen LogP contribution in [0, 0.1) is 0 Å². The van der Waals surface area contributed by atoms with E-state index in [9.17, 15) is 4.79 Å². The van der Waals surface area contributed by atoms with Crippen LogP contribution in [0.5, 0.6) is 5.75 Å². The molecule has 2 aromatic rings. The van der Waals surface area contributed by atoms with Gasteiger partial charge in [-0.3, -0.25) is 0 Å². The molecule has 2 aromatic carbocycles. The molecule has 0 saturated carbocycles. The third-order valence-corrected chi connectivity index (χ3v) is 2.53. The van der Waals surface area contributed by atoms with Crippen molar-refractivity contribution in [2.75, 3.05) is 0 Å². The van der Waals surface area contributed by atoms with Crippen LogP contribution in [0.25, 0.3) is 10.8 Å². The molecule has 3 heteroatoms. The minimum absolute atomic E-state index is 0.298. The number of rotatable bonds is 2. The first-order valence-electron chi connectivity index (χ1n) is 5.82. The molecule has 0 fully saturated rings. The van der Waals surface area contributed by atoms with Gasteiger partial charge in [-0.15, -0.1) is 0 Å². The van der Waals surface area contributed by atoms with Crippen molar-refractivity contribution in [2.45, 2.75) is 26.4 Å². The Morgan fingerprint density at radius 2 is 1.67 bits per heavy atom. The van der Waals surface area contributed by atoms with Gasteiger partial charge in [-0.05, 0) is 38.3 Å². The van der Waals surface area contributed by atoms with Gasteiger partial charge < -0.3 is 9.84 Å². The summed E-state index contributed by atoms with van der Waals surface area (Å²) >= 11 is 0. The maximum absolute atomic E-state index is 11.2.